The highest BCUT2D eigenvalue weighted by Gasteiger charge is 2.85. The number of hydrogen-bond donors (Lipinski definition) is 0. The topological polar surface area (TPSA) is 44.8 Å². The van der Waals surface area contributed by atoms with Crippen LogP contribution >= 0.6 is 7.60 Å². The monoisotopic (exact) mass is 368 g/mol. The third kappa shape index (κ3) is 1.85. The Labute approximate surface area is 153 Å². The standard InChI is InChI=1S/C21H21O4P/c1-23-26(22,24-2)21-17-12-18(25-13-14-8-4-3-5-9-14)20(21)19(21)16-11-7-6-10-15(16)17/h3-12,17,19-20H,13H2,1-2H3. The van der Waals surface area contributed by atoms with E-state index in [1.165, 1.54) is 25.3 Å². The van der Waals surface area contributed by atoms with E-state index in [-0.39, 0.29) is 17.8 Å². The lowest BCUT2D eigenvalue weighted by atomic mass is 9.98. The minimum atomic E-state index is -3.26. The van der Waals surface area contributed by atoms with E-state index < -0.39 is 12.8 Å². The summed E-state index contributed by atoms with van der Waals surface area (Å²) in [6.45, 7) is 0.513. The van der Waals surface area contributed by atoms with Crippen LogP contribution in [-0.4, -0.2) is 19.4 Å². The molecule has 134 valence electrons. The van der Waals surface area contributed by atoms with Crippen LogP contribution in [0.2, 0.25) is 0 Å². The maximum absolute atomic E-state index is 13.5. The van der Waals surface area contributed by atoms with Gasteiger partial charge in [-0.15, -0.1) is 0 Å². The molecule has 0 saturated heterocycles. The van der Waals surface area contributed by atoms with Gasteiger partial charge in [-0.2, -0.15) is 0 Å². The second-order valence-corrected chi connectivity index (χ2v) is 9.65. The number of allylic oxidation sites excluding steroid dienone is 2. The van der Waals surface area contributed by atoms with Crippen LogP contribution in [0.15, 0.2) is 66.4 Å². The second-order valence-electron chi connectivity index (χ2n) is 7.16. The van der Waals surface area contributed by atoms with Crippen molar-refractivity contribution in [2.24, 2.45) is 5.92 Å². The molecule has 0 spiro atoms. The van der Waals surface area contributed by atoms with E-state index in [1.54, 1.807) is 0 Å². The van der Waals surface area contributed by atoms with Crippen LogP contribution in [0.3, 0.4) is 0 Å². The molecule has 2 aromatic carbocycles. The maximum atomic E-state index is 13.5. The number of ether oxygens (including phenoxy) is 1. The van der Waals surface area contributed by atoms with Crippen molar-refractivity contribution >= 4 is 7.60 Å². The fraction of sp³-hybridized carbons (Fsp3) is 0.333. The highest BCUT2D eigenvalue weighted by atomic mass is 31.2. The molecule has 26 heavy (non-hydrogen) atoms. The zero-order chi connectivity index (χ0) is 17.9. The molecule has 3 aliphatic rings. The van der Waals surface area contributed by atoms with Gasteiger partial charge in [0.2, 0.25) is 0 Å². The molecule has 0 bridgehead atoms. The van der Waals surface area contributed by atoms with Crippen molar-refractivity contribution in [2.75, 3.05) is 14.2 Å². The molecule has 0 aromatic heterocycles. The normalized spacial score (nSPS) is 30.5. The van der Waals surface area contributed by atoms with E-state index in [0.717, 1.165) is 11.3 Å². The smallest absolute Gasteiger partial charge is 0.338 e. The van der Waals surface area contributed by atoms with Crippen LogP contribution in [0.25, 0.3) is 0 Å². The van der Waals surface area contributed by atoms with Gasteiger partial charge < -0.3 is 13.8 Å². The van der Waals surface area contributed by atoms with Crippen molar-refractivity contribution < 1.29 is 18.3 Å². The van der Waals surface area contributed by atoms with Crippen molar-refractivity contribution in [2.45, 2.75) is 23.6 Å². The molecular formula is C21H21O4P. The first-order valence-electron chi connectivity index (χ1n) is 8.86. The molecule has 0 aliphatic heterocycles. The second kappa shape index (κ2) is 5.56. The van der Waals surface area contributed by atoms with Gasteiger partial charge >= 0.3 is 7.60 Å². The third-order valence-electron chi connectivity index (χ3n) is 6.23. The molecule has 4 unspecified atom stereocenters. The highest BCUT2D eigenvalue weighted by molar-refractivity contribution is 7.56. The van der Waals surface area contributed by atoms with Crippen LogP contribution in [0.1, 0.15) is 28.5 Å². The highest BCUT2D eigenvalue weighted by Crippen LogP contribution is 2.90. The molecule has 3 aliphatic carbocycles. The molecule has 1 fully saturated rings. The average molecular weight is 368 g/mol. The van der Waals surface area contributed by atoms with E-state index in [2.05, 4.69) is 18.2 Å². The summed E-state index contributed by atoms with van der Waals surface area (Å²) in [6, 6.07) is 18.4. The van der Waals surface area contributed by atoms with Gasteiger partial charge in [0.25, 0.3) is 0 Å². The minimum Gasteiger partial charge on any atom is -0.493 e. The van der Waals surface area contributed by atoms with Crippen molar-refractivity contribution in [3.05, 3.63) is 83.1 Å². The van der Waals surface area contributed by atoms with Crippen molar-refractivity contribution in [1.82, 2.24) is 0 Å². The Morgan fingerprint density at radius 2 is 1.58 bits per heavy atom. The molecule has 2 aromatic rings. The Balaban J connectivity index is 1.52. The van der Waals surface area contributed by atoms with Gasteiger partial charge in [-0.3, -0.25) is 4.57 Å². The summed E-state index contributed by atoms with van der Waals surface area (Å²) in [5, 5.41) is -0.536. The number of rotatable bonds is 6. The number of benzene rings is 2. The Morgan fingerprint density at radius 1 is 0.923 bits per heavy atom. The first-order valence-corrected chi connectivity index (χ1v) is 10.4. The van der Waals surface area contributed by atoms with E-state index in [0.29, 0.717) is 6.61 Å². The summed E-state index contributed by atoms with van der Waals surface area (Å²) in [5.74, 6) is 1.15. The number of fused-ring (bicyclic) bond motifs is 4. The summed E-state index contributed by atoms with van der Waals surface area (Å²) >= 11 is 0. The van der Waals surface area contributed by atoms with E-state index in [4.69, 9.17) is 13.8 Å². The zero-order valence-corrected chi connectivity index (χ0v) is 15.7. The molecule has 4 atom stereocenters. The Hall–Kier alpha value is -1.87. The Bertz CT molecular complexity index is 930. The molecule has 0 heterocycles. The first-order chi connectivity index (χ1) is 12.7. The fourth-order valence-corrected chi connectivity index (χ4v) is 7.71. The van der Waals surface area contributed by atoms with Gasteiger partial charge in [0.05, 0.1) is 5.76 Å². The third-order valence-corrected chi connectivity index (χ3v) is 8.97. The van der Waals surface area contributed by atoms with Crippen LogP contribution in [0.4, 0.5) is 0 Å². The van der Waals surface area contributed by atoms with Crippen LogP contribution in [-0.2, 0) is 25.0 Å². The molecular weight excluding hydrogens is 347 g/mol. The van der Waals surface area contributed by atoms with Gasteiger partial charge in [-0.1, -0.05) is 54.6 Å². The van der Waals surface area contributed by atoms with E-state index in [9.17, 15) is 4.57 Å². The van der Waals surface area contributed by atoms with Crippen LogP contribution in [0.5, 0.6) is 0 Å². The molecule has 0 radical (unpaired) electrons. The minimum absolute atomic E-state index is 0.0187. The summed E-state index contributed by atoms with van der Waals surface area (Å²) in [4.78, 5) is 0. The quantitative estimate of drug-likeness (QED) is 0.685. The Kier molecular flexibility index (Phi) is 3.49. The van der Waals surface area contributed by atoms with Gasteiger partial charge in [-0.25, -0.2) is 0 Å². The molecule has 1 saturated carbocycles. The summed E-state index contributed by atoms with van der Waals surface area (Å²) in [5.41, 5.74) is 3.60. The lowest BCUT2D eigenvalue weighted by molar-refractivity contribution is 0.183. The molecule has 0 amide bonds. The zero-order valence-electron chi connectivity index (χ0n) is 14.8. The van der Waals surface area contributed by atoms with Gasteiger partial charge in [0.15, 0.2) is 0 Å². The van der Waals surface area contributed by atoms with E-state index in [1.807, 2.05) is 42.5 Å². The Morgan fingerprint density at radius 3 is 2.27 bits per heavy atom. The van der Waals surface area contributed by atoms with Crippen molar-refractivity contribution in [1.29, 1.82) is 0 Å². The number of hydrogen-bond acceptors (Lipinski definition) is 4. The average Bonchev–Trinajstić information content (AvgIpc) is 3.21. The van der Waals surface area contributed by atoms with Crippen molar-refractivity contribution in [3.63, 3.8) is 0 Å². The summed E-state index contributed by atoms with van der Waals surface area (Å²) < 4.78 is 30.7. The van der Waals surface area contributed by atoms with Crippen LogP contribution in [0, 0.1) is 5.92 Å². The largest absolute Gasteiger partial charge is 0.493 e. The maximum Gasteiger partial charge on any atom is 0.338 e. The molecule has 5 rings (SSSR count). The van der Waals surface area contributed by atoms with Crippen molar-refractivity contribution in [3.8, 4) is 0 Å². The van der Waals surface area contributed by atoms with Gasteiger partial charge in [-0.05, 0) is 22.8 Å². The fourth-order valence-electron chi connectivity index (χ4n) is 5.20. The molecule has 4 nitrogen and oxygen atoms in total. The van der Waals surface area contributed by atoms with Gasteiger partial charge in [0, 0.05) is 32.0 Å². The van der Waals surface area contributed by atoms with Crippen LogP contribution < -0.4 is 0 Å². The predicted octanol–water partition coefficient (Wildman–Crippen LogP) is 4.84. The summed E-state index contributed by atoms with van der Waals surface area (Å²) in [7, 11) is -0.289. The predicted molar refractivity (Wildman–Crippen MR) is 99.1 cm³/mol. The molecule has 0 N–H and O–H groups in total. The lowest BCUT2D eigenvalue weighted by Crippen LogP contribution is -2.19. The summed E-state index contributed by atoms with van der Waals surface area (Å²) in [6.07, 6.45) is 2.14. The molecule has 5 heteroatoms. The SMILES string of the molecule is COP(=O)(OC)C12C3C=C(OCc4ccccc4)C1C2c1ccccc13. The first kappa shape index (κ1) is 16.3. The van der Waals surface area contributed by atoms with E-state index >= 15 is 0 Å². The lowest BCUT2D eigenvalue weighted by Gasteiger charge is -2.26. The van der Waals surface area contributed by atoms with Gasteiger partial charge in [0.1, 0.15) is 11.8 Å².